The van der Waals surface area contributed by atoms with Gasteiger partial charge in [-0.25, -0.2) is 0 Å². The molecule has 0 amide bonds. The van der Waals surface area contributed by atoms with Gasteiger partial charge in [-0.2, -0.15) is 0 Å². The molecule has 2 fully saturated rings. The Hall–Kier alpha value is -0.540. The van der Waals surface area contributed by atoms with Crippen LogP contribution < -0.4 is 10.1 Å². The topological polar surface area (TPSA) is 21.3 Å². The van der Waals surface area contributed by atoms with Crippen LogP contribution in [0.2, 0.25) is 0 Å². The molecule has 19 heavy (non-hydrogen) atoms. The summed E-state index contributed by atoms with van der Waals surface area (Å²) in [5.74, 6) is 3.90. The average molecular weight is 324 g/mol. The van der Waals surface area contributed by atoms with Crippen LogP contribution in [0.3, 0.4) is 0 Å². The van der Waals surface area contributed by atoms with Crippen molar-refractivity contribution in [3.63, 3.8) is 0 Å². The van der Waals surface area contributed by atoms with E-state index in [1.54, 1.807) is 7.11 Å². The van der Waals surface area contributed by atoms with Gasteiger partial charge in [0, 0.05) is 11.0 Å². The number of nitrogens with one attached hydrogen (secondary N) is 1. The van der Waals surface area contributed by atoms with Gasteiger partial charge in [0.2, 0.25) is 0 Å². The number of ether oxygens (including phenoxy) is 1. The number of rotatable bonds is 5. The lowest BCUT2D eigenvalue weighted by Gasteiger charge is -2.22. The molecule has 0 heterocycles. The molecule has 1 aromatic rings. The maximum absolute atomic E-state index is 5.28. The monoisotopic (exact) mass is 323 g/mol. The Labute approximate surface area is 124 Å². The highest BCUT2D eigenvalue weighted by atomic mass is 79.9. The van der Waals surface area contributed by atoms with Gasteiger partial charge in [0.1, 0.15) is 5.75 Å². The van der Waals surface area contributed by atoms with Crippen molar-refractivity contribution in [2.75, 3.05) is 13.7 Å². The quantitative estimate of drug-likeness (QED) is 0.884. The van der Waals surface area contributed by atoms with Crippen molar-refractivity contribution in [3.05, 3.63) is 28.2 Å². The predicted octanol–water partition coefficient (Wildman–Crippen LogP) is 3.98. The van der Waals surface area contributed by atoms with Crippen molar-refractivity contribution in [2.24, 2.45) is 17.8 Å². The summed E-state index contributed by atoms with van der Waals surface area (Å²) in [5.41, 5.74) is 1.28. The number of benzene rings is 1. The first-order valence-corrected chi connectivity index (χ1v) is 8.08. The van der Waals surface area contributed by atoms with Crippen molar-refractivity contribution in [2.45, 2.75) is 32.2 Å². The lowest BCUT2D eigenvalue weighted by molar-refractivity contribution is 0.318. The second kappa shape index (κ2) is 5.84. The number of halogens is 1. The van der Waals surface area contributed by atoms with E-state index in [4.69, 9.17) is 4.74 Å². The summed E-state index contributed by atoms with van der Waals surface area (Å²) in [6, 6.07) is 6.16. The molecule has 3 rings (SSSR count). The van der Waals surface area contributed by atoms with Gasteiger partial charge in [0.05, 0.1) is 7.11 Å². The first-order chi connectivity index (χ1) is 9.26. The number of hydrogen-bond acceptors (Lipinski definition) is 2. The minimum Gasteiger partial charge on any atom is -0.497 e. The maximum Gasteiger partial charge on any atom is 0.119 e. The molecule has 3 atom stereocenters. The average Bonchev–Trinajstić information content (AvgIpc) is 3.03. The SMILES string of the molecule is COc1ccc(Br)c(CNCC2CC3CCC2C3)c1. The zero-order valence-electron chi connectivity index (χ0n) is 11.5. The minimum absolute atomic E-state index is 0.920. The highest BCUT2D eigenvalue weighted by molar-refractivity contribution is 9.10. The second-order valence-electron chi connectivity index (χ2n) is 6.02. The van der Waals surface area contributed by atoms with Crippen molar-refractivity contribution < 1.29 is 4.74 Å². The van der Waals surface area contributed by atoms with E-state index in [0.717, 1.165) is 34.5 Å². The summed E-state index contributed by atoms with van der Waals surface area (Å²) in [7, 11) is 1.72. The van der Waals surface area contributed by atoms with E-state index < -0.39 is 0 Å². The van der Waals surface area contributed by atoms with Crippen LogP contribution in [0.25, 0.3) is 0 Å². The summed E-state index contributed by atoms with van der Waals surface area (Å²) < 4.78 is 6.44. The Kier molecular flexibility index (Phi) is 4.13. The van der Waals surface area contributed by atoms with Gasteiger partial charge in [-0.15, -0.1) is 0 Å². The second-order valence-corrected chi connectivity index (χ2v) is 6.88. The summed E-state index contributed by atoms with van der Waals surface area (Å²) in [4.78, 5) is 0. The summed E-state index contributed by atoms with van der Waals surface area (Å²) >= 11 is 3.61. The summed E-state index contributed by atoms with van der Waals surface area (Å²) in [6.07, 6.45) is 5.91. The van der Waals surface area contributed by atoms with Crippen LogP contribution >= 0.6 is 15.9 Å². The fourth-order valence-electron chi connectivity index (χ4n) is 3.83. The molecule has 0 saturated heterocycles. The molecule has 2 saturated carbocycles. The van der Waals surface area contributed by atoms with E-state index in [-0.39, 0.29) is 0 Å². The molecule has 104 valence electrons. The molecular formula is C16H22BrNO. The molecule has 3 unspecified atom stereocenters. The number of fused-ring (bicyclic) bond motifs is 2. The molecule has 2 aliphatic carbocycles. The van der Waals surface area contributed by atoms with Crippen LogP contribution in [0, 0.1) is 17.8 Å². The number of hydrogen-bond donors (Lipinski definition) is 1. The third-order valence-electron chi connectivity index (χ3n) is 4.86. The minimum atomic E-state index is 0.920. The van der Waals surface area contributed by atoms with Crippen LogP contribution in [0.4, 0.5) is 0 Å². The molecule has 0 spiro atoms. The Morgan fingerprint density at radius 1 is 1.32 bits per heavy atom. The smallest absolute Gasteiger partial charge is 0.119 e. The van der Waals surface area contributed by atoms with Crippen molar-refractivity contribution in [3.8, 4) is 5.75 Å². The van der Waals surface area contributed by atoms with Crippen molar-refractivity contribution in [1.29, 1.82) is 0 Å². The largest absolute Gasteiger partial charge is 0.497 e. The van der Waals surface area contributed by atoms with E-state index in [0.29, 0.717) is 0 Å². The van der Waals surface area contributed by atoms with Gasteiger partial charge >= 0.3 is 0 Å². The van der Waals surface area contributed by atoms with Crippen LogP contribution in [-0.2, 0) is 6.54 Å². The zero-order chi connectivity index (χ0) is 13.2. The molecular weight excluding hydrogens is 302 g/mol. The van der Waals surface area contributed by atoms with Gasteiger partial charge < -0.3 is 10.1 Å². The third-order valence-corrected chi connectivity index (χ3v) is 5.63. The van der Waals surface area contributed by atoms with E-state index in [9.17, 15) is 0 Å². The van der Waals surface area contributed by atoms with E-state index >= 15 is 0 Å². The molecule has 0 aliphatic heterocycles. The first kappa shape index (κ1) is 13.4. The first-order valence-electron chi connectivity index (χ1n) is 7.29. The third kappa shape index (κ3) is 2.97. The van der Waals surface area contributed by atoms with Gasteiger partial charge in [-0.05, 0) is 67.3 Å². The highest BCUT2D eigenvalue weighted by Gasteiger charge is 2.38. The van der Waals surface area contributed by atoms with Crippen LogP contribution in [0.5, 0.6) is 5.75 Å². The zero-order valence-corrected chi connectivity index (χ0v) is 13.1. The fraction of sp³-hybridized carbons (Fsp3) is 0.625. The lowest BCUT2D eigenvalue weighted by atomic mass is 9.89. The van der Waals surface area contributed by atoms with Crippen molar-refractivity contribution >= 4 is 15.9 Å². The molecule has 1 N–H and O–H groups in total. The molecule has 1 aromatic carbocycles. The van der Waals surface area contributed by atoms with Crippen LogP contribution in [0.15, 0.2) is 22.7 Å². The molecule has 3 heteroatoms. The predicted molar refractivity (Wildman–Crippen MR) is 81.3 cm³/mol. The summed E-state index contributed by atoms with van der Waals surface area (Å²) in [6.45, 7) is 2.09. The van der Waals surface area contributed by atoms with E-state index in [2.05, 4.69) is 33.4 Å². The lowest BCUT2D eigenvalue weighted by Crippen LogP contribution is -2.26. The molecule has 0 aromatic heterocycles. The fourth-order valence-corrected chi connectivity index (χ4v) is 4.22. The van der Waals surface area contributed by atoms with E-state index in [1.807, 2.05) is 6.07 Å². The van der Waals surface area contributed by atoms with Gasteiger partial charge in [0.25, 0.3) is 0 Å². The molecule has 2 nitrogen and oxygen atoms in total. The van der Waals surface area contributed by atoms with Gasteiger partial charge in [-0.3, -0.25) is 0 Å². The van der Waals surface area contributed by atoms with E-state index in [1.165, 1.54) is 37.8 Å². The summed E-state index contributed by atoms with van der Waals surface area (Å²) in [5, 5.41) is 3.64. The normalized spacial score (nSPS) is 28.8. The molecule has 2 bridgehead atoms. The number of methoxy groups -OCH3 is 1. The maximum atomic E-state index is 5.28. The molecule has 0 radical (unpaired) electrons. The van der Waals surface area contributed by atoms with Gasteiger partial charge in [0.15, 0.2) is 0 Å². The Bertz CT molecular complexity index is 448. The van der Waals surface area contributed by atoms with Gasteiger partial charge in [-0.1, -0.05) is 22.4 Å². The highest BCUT2D eigenvalue weighted by Crippen LogP contribution is 2.47. The Balaban J connectivity index is 1.52. The Morgan fingerprint density at radius 3 is 2.89 bits per heavy atom. The molecule has 2 aliphatic rings. The Morgan fingerprint density at radius 2 is 2.21 bits per heavy atom. The standard InChI is InChI=1S/C16H22BrNO/c1-19-15-4-5-16(17)14(8-15)10-18-9-13-7-11-2-3-12(13)6-11/h4-5,8,11-13,18H,2-3,6-7,9-10H2,1H3. The van der Waals surface area contributed by atoms with Crippen molar-refractivity contribution in [1.82, 2.24) is 5.32 Å². The van der Waals surface area contributed by atoms with Crippen LogP contribution in [-0.4, -0.2) is 13.7 Å². The van der Waals surface area contributed by atoms with Crippen LogP contribution in [0.1, 0.15) is 31.2 Å².